The Kier molecular flexibility index (Phi) is 3.32. The summed E-state index contributed by atoms with van der Waals surface area (Å²) in [6.45, 7) is 10.9. The molecular weight excluding hydrogens is 186 g/mol. The molecular formula is C12H21N3. The van der Waals surface area contributed by atoms with Gasteiger partial charge in [-0.2, -0.15) is 0 Å². The van der Waals surface area contributed by atoms with Crippen molar-refractivity contribution in [3.05, 3.63) is 17.5 Å². The first-order valence-corrected chi connectivity index (χ1v) is 5.41. The van der Waals surface area contributed by atoms with Crippen LogP contribution < -0.4 is 5.32 Å². The van der Waals surface area contributed by atoms with Gasteiger partial charge in [-0.3, -0.25) is 0 Å². The largest absolute Gasteiger partial charge is 0.357 e. The summed E-state index contributed by atoms with van der Waals surface area (Å²) >= 11 is 0. The van der Waals surface area contributed by atoms with Crippen LogP contribution in [-0.2, 0) is 5.41 Å². The van der Waals surface area contributed by atoms with Gasteiger partial charge < -0.3 is 5.32 Å². The van der Waals surface area contributed by atoms with Crippen molar-refractivity contribution in [1.29, 1.82) is 0 Å². The Bertz CT molecular complexity index is 337. The maximum absolute atomic E-state index is 4.56. The van der Waals surface area contributed by atoms with Crippen molar-refractivity contribution < 1.29 is 0 Å². The number of anilines is 1. The highest BCUT2D eigenvalue weighted by Crippen LogP contribution is 2.28. The Morgan fingerprint density at radius 2 is 1.87 bits per heavy atom. The zero-order valence-corrected chi connectivity index (χ0v) is 10.5. The second-order valence-electron chi connectivity index (χ2n) is 5.15. The minimum atomic E-state index is 0.0636. The van der Waals surface area contributed by atoms with Crippen LogP contribution in [0, 0.1) is 0 Å². The molecule has 84 valence electrons. The van der Waals surface area contributed by atoms with E-state index in [-0.39, 0.29) is 5.41 Å². The monoisotopic (exact) mass is 207 g/mol. The molecule has 1 heterocycles. The van der Waals surface area contributed by atoms with E-state index in [0.717, 1.165) is 5.69 Å². The van der Waals surface area contributed by atoms with Crippen LogP contribution in [0.3, 0.4) is 0 Å². The lowest BCUT2D eigenvalue weighted by molar-refractivity contribution is 0.553. The van der Waals surface area contributed by atoms with Crippen molar-refractivity contribution in [2.75, 3.05) is 12.4 Å². The van der Waals surface area contributed by atoms with Crippen LogP contribution in [0.15, 0.2) is 6.20 Å². The first kappa shape index (κ1) is 12.0. The van der Waals surface area contributed by atoms with Gasteiger partial charge in [-0.15, -0.1) is 0 Å². The molecule has 0 radical (unpaired) electrons. The Hall–Kier alpha value is -1.12. The molecule has 0 amide bonds. The van der Waals surface area contributed by atoms with Crippen LogP contribution in [0.4, 0.5) is 5.95 Å². The van der Waals surface area contributed by atoms with Crippen LogP contribution in [0.2, 0.25) is 0 Å². The summed E-state index contributed by atoms with van der Waals surface area (Å²) in [6, 6.07) is 0. The Morgan fingerprint density at radius 1 is 1.27 bits per heavy atom. The summed E-state index contributed by atoms with van der Waals surface area (Å²) in [6.07, 6.45) is 1.93. The predicted molar refractivity (Wildman–Crippen MR) is 64.4 cm³/mol. The zero-order valence-electron chi connectivity index (χ0n) is 10.5. The van der Waals surface area contributed by atoms with E-state index in [4.69, 9.17) is 0 Å². The number of aromatic nitrogens is 2. The van der Waals surface area contributed by atoms with E-state index in [9.17, 15) is 0 Å². The van der Waals surface area contributed by atoms with Crippen molar-refractivity contribution in [2.24, 2.45) is 0 Å². The van der Waals surface area contributed by atoms with Crippen LogP contribution in [0.1, 0.15) is 51.8 Å². The van der Waals surface area contributed by atoms with Gasteiger partial charge in [0, 0.05) is 18.7 Å². The second-order valence-corrected chi connectivity index (χ2v) is 5.15. The van der Waals surface area contributed by atoms with E-state index in [1.807, 2.05) is 13.2 Å². The van der Waals surface area contributed by atoms with E-state index in [2.05, 4.69) is 49.9 Å². The third-order valence-electron chi connectivity index (χ3n) is 2.37. The minimum absolute atomic E-state index is 0.0636. The molecule has 0 bridgehead atoms. The molecule has 0 atom stereocenters. The molecule has 1 aromatic rings. The zero-order chi connectivity index (χ0) is 11.6. The van der Waals surface area contributed by atoms with Crippen molar-refractivity contribution in [2.45, 2.75) is 46.0 Å². The van der Waals surface area contributed by atoms with E-state index >= 15 is 0 Å². The second kappa shape index (κ2) is 4.17. The molecule has 0 fully saturated rings. The molecule has 0 aliphatic heterocycles. The third kappa shape index (κ3) is 2.67. The van der Waals surface area contributed by atoms with Gasteiger partial charge in [0.2, 0.25) is 5.95 Å². The van der Waals surface area contributed by atoms with E-state index in [0.29, 0.717) is 11.9 Å². The molecule has 0 saturated heterocycles. The molecule has 0 spiro atoms. The normalized spacial score (nSPS) is 11.9. The van der Waals surface area contributed by atoms with E-state index in [1.165, 1.54) is 5.56 Å². The molecule has 0 saturated carbocycles. The number of rotatable bonds is 2. The lowest BCUT2D eigenvalue weighted by Crippen LogP contribution is -2.19. The molecule has 0 aliphatic carbocycles. The molecule has 0 aliphatic rings. The summed E-state index contributed by atoms with van der Waals surface area (Å²) in [5, 5.41) is 2.98. The smallest absolute Gasteiger partial charge is 0.222 e. The fourth-order valence-corrected chi connectivity index (χ4v) is 1.53. The van der Waals surface area contributed by atoms with Crippen LogP contribution in [0.25, 0.3) is 0 Å². The molecule has 1 aromatic heterocycles. The average molecular weight is 207 g/mol. The molecule has 1 rings (SSSR count). The lowest BCUT2D eigenvalue weighted by Gasteiger charge is -2.23. The third-order valence-corrected chi connectivity index (χ3v) is 2.37. The first-order valence-electron chi connectivity index (χ1n) is 5.41. The Morgan fingerprint density at radius 3 is 2.27 bits per heavy atom. The van der Waals surface area contributed by atoms with Crippen molar-refractivity contribution >= 4 is 5.95 Å². The van der Waals surface area contributed by atoms with Crippen molar-refractivity contribution in [3.63, 3.8) is 0 Å². The number of hydrogen-bond donors (Lipinski definition) is 1. The Balaban J connectivity index is 3.29. The summed E-state index contributed by atoms with van der Waals surface area (Å²) in [7, 11) is 1.84. The quantitative estimate of drug-likeness (QED) is 0.810. The predicted octanol–water partition coefficient (Wildman–Crippen LogP) is 2.94. The highest BCUT2D eigenvalue weighted by atomic mass is 15.1. The van der Waals surface area contributed by atoms with E-state index in [1.54, 1.807) is 0 Å². The van der Waals surface area contributed by atoms with Gasteiger partial charge >= 0.3 is 0 Å². The lowest BCUT2D eigenvalue weighted by atomic mass is 9.86. The van der Waals surface area contributed by atoms with Crippen molar-refractivity contribution in [1.82, 2.24) is 9.97 Å². The van der Waals surface area contributed by atoms with Gasteiger partial charge in [-0.1, -0.05) is 34.6 Å². The highest BCUT2D eigenvalue weighted by molar-refractivity contribution is 5.34. The maximum atomic E-state index is 4.56. The Labute approximate surface area is 92.3 Å². The van der Waals surface area contributed by atoms with Crippen molar-refractivity contribution in [3.8, 4) is 0 Å². The van der Waals surface area contributed by atoms with Crippen LogP contribution in [-0.4, -0.2) is 17.0 Å². The standard InChI is InChI=1S/C12H21N3/c1-8(2)9-7-14-11(13-6)15-10(9)12(3,4)5/h7-8H,1-6H3,(H,13,14,15). The van der Waals surface area contributed by atoms with Gasteiger partial charge in [-0.25, -0.2) is 9.97 Å². The summed E-state index contributed by atoms with van der Waals surface area (Å²) in [5.41, 5.74) is 2.44. The SMILES string of the molecule is CNc1ncc(C(C)C)c(C(C)(C)C)n1. The molecule has 3 heteroatoms. The fourth-order valence-electron chi connectivity index (χ4n) is 1.53. The number of nitrogens with one attached hydrogen (secondary N) is 1. The van der Waals surface area contributed by atoms with Gasteiger partial charge in [-0.05, 0) is 11.5 Å². The molecule has 3 nitrogen and oxygen atoms in total. The summed E-state index contributed by atoms with van der Waals surface area (Å²) in [5.74, 6) is 1.16. The van der Waals surface area contributed by atoms with E-state index < -0.39 is 0 Å². The van der Waals surface area contributed by atoms with Crippen LogP contribution in [0.5, 0.6) is 0 Å². The molecule has 0 unspecified atom stereocenters. The number of nitrogens with zero attached hydrogens (tertiary/aromatic N) is 2. The minimum Gasteiger partial charge on any atom is -0.357 e. The summed E-state index contributed by atoms with van der Waals surface area (Å²) < 4.78 is 0. The van der Waals surface area contributed by atoms with Gasteiger partial charge in [0.1, 0.15) is 0 Å². The topological polar surface area (TPSA) is 37.8 Å². The highest BCUT2D eigenvalue weighted by Gasteiger charge is 2.22. The average Bonchev–Trinajstić information content (AvgIpc) is 2.15. The molecule has 0 aromatic carbocycles. The first-order chi connectivity index (χ1) is 6.86. The molecule has 1 N–H and O–H groups in total. The van der Waals surface area contributed by atoms with Crippen LogP contribution >= 0.6 is 0 Å². The van der Waals surface area contributed by atoms with Gasteiger partial charge in [0.15, 0.2) is 0 Å². The summed E-state index contributed by atoms with van der Waals surface area (Å²) in [4.78, 5) is 8.83. The van der Waals surface area contributed by atoms with Gasteiger partial charge in [0.05, 0.1) is 5.69 Å². The van der Waals surface area contributed by atoms with Gasteiger partial charge in [0.25, 0.3) is 0 Å². The fraction of sp³-hybridized carbons (Fsp3) is 0.667. The molecule has 15 heavy (non-hydrogen) atoms. The number of hydrogen-bond acceptors (Lipinski definition) is 3. The maximum Gasteiger partial charge on any atom is 0.222 e.